The Balaban J connectivity index is 2.44. The highest BCUT2D eigenvalue weighted by Gasteiger charge is 2.14. The number of rotatable bonds is 4. The maximum atomic E-state index is 13.3. The standard InChI is InChI=1S/C15H15FN2O2/c1-3-18(13-6-4-5-12(16)8-13)14-10(2)7-11(9-17-14)15(19)20/h4-9H,3H2,1-2H3,(H,19,20). The van der Waals surface area contributed by atoms with Gasteiger partial charge < -0.3 is 10.0 Å². The van der Waals surface area contributed by atoms with Gasteiger partial charge in [-0.3, -0.25) is 0 Å². The number of aromatic nitrogens is 1. The van der Waals surface area contributed by atoms with Crippen molar-refractivity contribution >= 4 is 17.5 Å². The minimum atomic E-state index is -1.01. The van der Waals surface area contributed by atoms with Crippen molar-refractivity contribution in [1.82, 2.24) is 4.98 Å². The van der Waals surface area contributed by atoms with E-state index in [1.807, 2.05) is 11.8 Å². The topological polar surface area (TPSA) is 53.4 Å². The van der Waals surface area contributed by atoms with Crippen LogP contribution in [0.5, 0.6) is 0 Å². The van der Waals surface area contributed by atoms with E-state index in [2.05, 4.69) is 4.98 Å². The second kappa shape index (κ2) is 5.69. The van der Waals surface area contributed by atoms with Crippen molar-refractivity contribution in [2.24, 2.45) is 0 Å². The Morgan fingerprint density at radius 2 is 2.15 bits per heavy atom. The maximum Gasteiger partial charge on any atom is 0.337 e. The molecule has 0 aliphatic heterocycles. The number of benzene rings is 1. The van der Waals surface area contributed by atoms with E-state index in [4.69, 9.17) is 5.11 Å². The van der Waals surface area contributed by atoms with Gasteiger partial charge in [-0.1, -0.05) is 6.07 Å². The molecule has 2 aromatic rings. The number of nitrogens with zero attached hydrogens (tertiary/aromatic N) is 2. The second-order valence-electron chi connectivity index (χ2n) is 4.39. The van der Waals surface area contributed by atoms with Crippen LogP contribution < -0.4 is 4.90 Å². The van der Waals surface area contributed by atoms with Crippen molar-refractivity contribution in [3.63, 3.8) is 0 Å². The molecular weight excluding hydrogens is 259 g/mol. The van der Waals surface area contributed by atoms with Gasteiger partial charge in [0, 0.05) is 18.4 Å². The lowest BCUT2D eigenvalue weighted by molar-refractivity contribution is 0.0696. The smallest absolute Gasteiger partial charge is 0.337 e. The highest BCUT2D eigenvalue weighted by atomic mass is 19.1. The lowest BCUT2D eigenvalue weighted by Crippen LogP contribution is -2.19. The van der Waals surface area contributed by atoms with Crippen LogP contribution in [-0.2, 0) is 0 Å². The summed E-state index contributed by atoms with van der Waals surface area (Å²) < 4.78 is 13.3. The van der Waals surface area contributed by atoms with Crippen molar-refractivity contribution in [3.8, 4) is 0 Å². The van der Waals surface area contributed by atoms with Crippen molar-refractivity contribution in [1.29, 1.82) is 0 Å². The number of aryl methyl sites for hydroxylation is 1. The van der Waals surface area contributed by atoms with Crippen molar-refractivity contribution in [2.45, 2.75) is 13.8 Å². The number of anilines is 2. The first kappa shape index (κ1) is 14.0. The summed E-state index contributed by atoms with van der Waals surface area (Å²) in [7, 11) is 0. The Hall–Kier alpha value is -2.43. The highest BCUT2D eigenvalue weighted by molar-refractivity contribution is 5.88. The third kappa shape index (κ3) is 2.77. The molecule has 2 rings (SSSR count). The fourth-order valence-electron chi connectivity index (χ4n) is 2.07. The molecular formula is C15H15FN2O2. The van der Waals surface area contributed by atoms with Crippen LogP contribution in [0, 0.1) is 12.7 Å². The van der Waals surface area contributed by atoms with Crippen molar-refractivity contribution in [3.05, 3.63) is 53.5 Å². The molecule has 0 atom stereocenters. The number of aromatic carboxylic acids is 1. The third-order valence-corrected chi connectivity index (χ3v) is 2.99. The van der Waals surface area contributed by atoms with Gasteiger partial charge in [0.2, 0.25) is 0 Å². The Kier molecular flexibility index (Phi) is 3.98. The lowest BCUT2D eigenvalue weighted by atomic mass is 10.2. The van der Waals surface area contributed by atoms with Crippen LogP contribution >= 0.6 is 0 Å². The molecule has 4 nitrogen and oxygen atoms in total. The first-order chi connectivity index (χ1) is 9.52. The van der Waals surface area contributed by atoms with Gasteiger partial charge in [0.25, 0.3) is 0 Å². The largest absolute Gasteiger partial charge is 0.478 e. The molecule has 1 aromatic heterocycles. The van der Waals surface area contributed by atoms with E-state index >= 15 is 0 Å². The minimum Gasteiger partial charge on any atom is -0.478 e. The maximum absolute atomic E-state index is 13.3. The molecule has 0 unspecified atom stereocenters. The molecule has 0 spiro atoms. The first-order valence-corrected chi connectivity index (χ1v) is 6.26. The molecule has 0 fully saturated rings. The van der Waals surface area contributed by atoms with Crippen LogP contribution in [-0.4, -0.2) is 22.6 Å². The average molecular weight is 274 g/mol. The second-order valence-corrected chi connectivity index (χ2v) is 4.39. The number of hydrogen-bond donors (Lipinski definition) is 1. The van der Waals surface area contributed by atoms with Gasteiger partial charge in [0.1, 0.15) is 11.6 Å². The van der Waals surface area contributed by atoms with Crippen LogP contribution in [0.1, 0.15) is 22.8 Å². The van der Waals surface area contributed by atoms with E-state index in [-0.39, 0.29) is 11.4 Å². The third-order valence-electron chi connectivity index (χ3n) is 2.99. The summed E-state index contributed by atoms with van der Waals surface area (Å²) in [6, 6.07) is 7.79. The predicted octanol–water partition coefficient (Wildman–Crippen LogP) is 3.39. The normalized spacial score (nSPS) is 10.3. The molecule has 104 valence electrons. The molecule has 20 heavy (non-hydrogen) atoms. The van der Waals surface area contributed by atoms with Gasteiger partial charge in [-0.05, 0) is 43.7 Å². The number of pyridine rings is 1. The van der Waals surface area contributed by atoms with Gasteiger partial charge in [-0.25, -0.2) is 14.2 Å². The van der Waals surface area contributed by atoms with Gasteiger partial charge >= 0.3 is 5.97 Å². The lowest BCUT2D eigenvalue weighted by Gasteiger charge is -2.24. The zero-order valence-electron chi connectivity index (χ0n) is 11.3. The van der Waals surface area contributed by atoms with E-state index in [0.717, 1.165) is 5.56 Å². The van der Waals surface area contributed by atoms with E-state index in [1.165, 1.54) is 18.3 Å². The Bertz CT molecular complexity index is 644. The van der Waals surface area contributed by atoms with Crippen LogP contribution in [0.4, 0.5) is 15.9 Å². The average Bonchev–Trinajstić information content (AvgIpc) is 2.41. The quantitative estimate of drug-likeness (QED) is 0.928. The van der Waals surface area contributed by atoms with Crippen molar-refractivity contribution < 1.29 is 14.3 Å². The zero-order chi connectivity index (χ0) is 14.7. The van der Waals surface area contributed by atoms with Crippen LogP contribution in [0.3, 0.4) is 0 Å². The molecule has 0 bridgehead atoms. The fraction of sp³-hybridized carbons (Fsp3) is 0.200. The summed E-state index contributed by atoms with van der Waals surface area (Å²) in [6.07, 6.45) is 1.31. The Labute approximate surface area is 116 Å². The minimum absolute atomic E-state index is 0.140. The number of carbonyl (C=O) groups is 1. The van der Waals surface area contributed by atoms with Crippen molar-refractivity contribution in [2.75, 3.05) is 11.4 Å². The SMILES string of the molecule is CCN(c1cccc(F)c1)c1ncc(C(=O)O)cc1C. The summed E-state index contributed by atoms with van der Waals surface area (Å²) in [5.74, 6) is -0.704. The molecule has 5 heteroatoms. The number of halogens is 1. The van der Waals surface area contributed by atoms with Crippen LogP contribution in [0.25, 0.3) is 0 Å². The molecule has 0 aliphatic rings. The highest BCUT2D eigenvalue weighted by Crippen LogP contribution is 2.27. The molecule has 0 radical (unpaired) electrons. The summed E-state index contributed by atoms with van der Waals surface area (Å²) in [5, 5.41) is 8.95. The summed E-state index contributed by atoms with van der Waals surface area (Å²) in [5.41, 5.74) is 1.56. The number of carboxylic acids is 1. The first-order valence-electron chi connectivity index (χ1n) is 6.26. The van der Waals surface area contributed by atoms with E-state index in [0.29, 0.717) is 18.1 Å². The summed E-state index contributed by atoms with van der Waals surface area (Å²) >= 11 is 0. The van der Waals surface area contributed by atoms with Crippen LogP contribution in [0.15, 0.2) is 36.5 Å². The number of hydrogen-bond acceptors (Lipinski definition) is 3. The Morgan fingerprint density at radius 1 is 1.40 bits per heavy atom. The van der Waals surface area contributed by atoms with E-state index in [1.54, 1.807) is 25.1 Å². The zero-order valence-corrected chi connectivity index (χ0v) is 11.3. The molecule has 1 heterocycles. The van der Waals surface area contributed by atoms with E-state index in [9.17, 15) is 9.18 Å². The molecule has 0 amide bonds. The fourth-order valence-corrected chi connectivity index (χ4v) is 2.07. The van der Waals surface area contributed by atoms with Gasteiger partial charge in [-0.2, -0.15) is 0 Å². The molecule has 1 aromatic carbocycles. The Morgan fingerprint density at radius 3 is 2.70 bits per heavy atom. The van der Waals surface area contributed by atoms with Gasteiger partial charge in [0.05, 0.1) is 5.56 Å². The van der Waals surface area contributed by atoms with Gasteiger partial charge in [-0.15, -0.1) is 0 Å². The molecule has 0 saturated heterocycles. The number of carboxylic acid groups (broad SMARTS) is 1. The molecule has 0 aliphatic carbocycles. The summed E-state index contributed by atoms with van der Waals surface area (Å²) in [6.45, 7) is 4.32. The van der Waals surface area contributed by atoms with Crippen LogP contribution in [0.2, 0.25) is 0 Å². The van der Waals surface area contributed by atoms with E-state index < -0.39 is 5.97 Å². The van der Waals surface area contributed by atoms with Gasteiger partial charge in [0.15, 0.2) is 0 Å². The monoisotopic (exact) mass is 274 g/mol. The molecule has 0 saturated carbocycles. The molecule has 1 N–H and O–H groups in total. The predicted molar refractivity (Wildman–Crippen MR) is 75.0 cm³/mol. The summed E-state index contributed by atoms with van der Waals surface area (Å²) in [4.78, 5) is 17.0.